The average molecular weight is 702 g/mol. The Hall–Kier alpha value is -1.51. The molecule has 0 spiro atoms. The zero-order chi connectivity index (χ0) is 35.4. The maximum Gasteiger partial charge on any atom is 0.472 e. The van der Waals surface area contributed by atoms with Crippen molar-refractivity contribution >= 4 is 19.8 Å². The molecular formula is C38H72NO8P. The number of ether oxygens (including phenoxy) is 2. The molecule has 48 heavy (non-hydrogen) atoms. The van der Waals surface area contributed by atoms with Crippen LogP contribution < -0.4 is 5.73 Å². The van der Waals surface area contributed by atoms with Gasteiger partial charge in [-0.05, 0) is 44.9 Å². The third-order valence-corrected chi connectivity index (χ3v) is 9.07. The van der Waals surface area contributed by atoms with Crippen LogP contribution in [0.15, 0.2) is 24.3 Å². The molecule has 0 radical (unpaired) electrons. The molecule has 0 aliphatic carbocycles. The van der Waals surface area contributed by atoms with E-state index in [1.54, 1.807) is 0 Å². The van der Waals surface area contributed by atoms with E-state index in [4.69, 9.17) is 24.3 Å². The largest absolute Gasteiger partial charge is 0.472 e. The molecule has 0 aliphatic rings. The van der Waals surface area contributed by atoms with Gasteiger partial charge in [-0.15, -0.1) is 0 Å². The van der Waals surface area contributed by atoms with Gasteiger partial charge in [0.15, 0.2) is 6.10 Å². The van der Waals surface area contributed by atoms with Gasteiger partial charge in [-0.1, -0.05) is 141 Å². The van der Waals surface area contributed by atoms with Gasteiger partial charge in [-0.3, -0.25) is 18.6 Å². The quantitative estimate of drug-likeness (QED) is 0.0283. The predicted molar refractivity (Wildman–Crippen MR) is 197 cm³/mol. The molecule has 0 aromatic heterocycles. The number of hydrogen-bond acceptors (Lipinski definition) is 8. The van der Waals surface area contributed by atoms with Crippen molar-refractivity contribution in [1.29, 1.82) is 0 Å². The monoisotopic (exact) mass is 701 g/mol. The summed E-state index contributed by atoms with van der Waals surface area (Å²) in [6.07, 6.45) is 34.9. The highest BCUT2D eigenvalue weighted by molar-refractivity contribution is 7.47. The Bertz CT molecular complexity index is 851. The summed E-state index contributed by atoms with van der Waals surface area (Å²) in [6.45, 7) is 3.68. The van der Waals surface area contributed by atoms with E-state index in [9.17, 15) is 19.0 Å². The van der Waals surface area contributed by atoms with E-state index in [0.717, 1.165) is 51.4 Å². The third-order valence-electron chi connectivity index (χ3n) is 8.09. The fraction of sp³-hybridized carbons (Fsp3) is 0.842. The number of hydrogen-bond donors (Lipinski definition) is 2. The number of nitrogens with two attached hydrogens (primary N) is 1. The lowest BCUT2D eigenvalue weighted by atomic mass is 10.1. The molecule has 9 nitrogen and oxygen atoms in total. The zero-order valence-corrected chi connectivity index (χ0v) is 31.6. The van der Waals surface area contributed by atoms with Crippen LogP contribution in [0.4, 0.5) is 0 Å². The number of unbranched alkanes of at least 4 members (excludes halogenated alkanes) is 19. The minimum Gasteiger partial charge on any atom is -0.462 e. The van der Waals surface area contributed by atoms with Crippen LogP contribution in [0, 0.1) is 0 Å². The summed E-state index contributed by atoms with van der Waals surface area (Å²) in [7, 11) is -4.37. The lowest BCUT2D eigenvalue weighted by Gasteiger charge is -2.19. The lowest BCUT2D eigenvalue weighted by Crippen LogP contribution is -2.29. The van der Waals surface area contributed by atoms with Crippen LogP contribution >= 0.6 is 7.82 Å². The van der Waals surface area contributed by atoms with Gasteiger partial charge in [0.1, 0.15) is 6.61 Å². The summed E-state index contributed by atoms with van der Waals surface area (Å²) in [5, 5.41) is 0. The molecule has 3 N–H and O–H groups in total. The van der Waals surface area contributed by atoms with Gasteiger partial charge >= 0.3 is 19.8 Å². The summed E-state index contributed by atoms with van der Waals surface area (Å²) >= 11 is 0. The number of allylic oxidation sites excluding steroid dienone is 4. The molecule has 0 saturated carbocycles. The van der Waals surface area contributed by atoms with Gasteiger partial charge in [0.2, 0.25) is 0 Å². The first-order valence-corrected chi connectivity index (χ1v) is 20.8. The topological polar surface area (TPSA) is 134 Å². The lowest BCUT2D eigenvalue weighted by molar-refractivity contribution is -0.161. The summed E-state index contributed by atoms with van der Waals surface area (Å²) in [4.78, 5) is 34.7. The van der Waals surface area contributed by atoms with Gasteiger partial charge in [0, 0.05) is 19.4 Å². The Morgan fingerprint density at radius 1 is 0.625 bits per heavy atom. The Kier molecular flexibility index (Phi) is 34.2. The Morgan fingerprint density at radius 3 is 1.62 bits per heavy atom. The Balaban J connectivity index is 4.20. The smallest absolute Gasteiger partial charge is 0.462 e. The molecule has 0 saturated heterocycles. The second-order valence-corrected chi connectivity index (χ2v) is 14.3. The number of esters is 2. The van der Waals surface area contributed by atoms with E-state index in [0.29, 0.717) is 6.42 Å². The fourth-order valence-electron chi connectivity index (χ4n) is 5.19. The maximum absolute atomic E-state index is 12.5. The normalized spacial score (nSPS) is 13.7. The Labute approximate surface area is 293 Å². The van der Waals surface area contributed by atoms with Crippen LogP contribution in [0.5, 0.6) is 0 Å². The van der Waals surface area contributed by atoms with Crippen molar-refractivity contribution in [2.75, 3.05) is 26.4 Å². The minimum absolute atomic E-state index is 0.0532. The van der Waals surface area contributed by atoms with Crippen LogP contribution in [0.1, 0.15) is 174 Å². The van der Waals surface area contributed by atoms with Crippen LogP contribution in [0.3, 0.4) is 0 Å². The van der Waals surface area contributed by atoms with Crippen LogP contribution in [-0.4, -0.2) is 49.3 Å². The molecule has 0 aromatic carbocycles. The zero-order valence-electron chi connectivity index (χ0n) is 30.7. The van der Waals surface area contributed by atoms with Crippen LogP contribution in [-0.2, 0) is 32.7 Å². The Morgan fingerprint density at radius 2 is 1.08 bits per heavy atom. The molecule has 0 bridgehead atoms. The first-order valence-electron chi connectivity index (χ1n) is 19.3. The standard InChI is InChI=1S/C38H72NO8P/c1-3-5-7-9-11-13-15-16-17-18-19-20-21-23-25-27-29-31-38(41)47-36(35-46-48(42,43)45-33-32-39)34-44-37(40)30-28-26-24-22-14-12-10-8-6-4-2/h11,13,16-17,36H,3-10,12,14-15,18-35,39H2,1-2H3,(H,42,43)/b13-11-,17-16-/t36-/m1/s1. The van der Waals surface area contributed by atoms with E-state index in [-0.39, 0.29) is 38.6 Å². The minimum atomic E-state index is -4.37. The van der Waals surface area contributed by atoms with Gasteiger partial charge < -0.3 is 20.1 Å². The SMILES string of the molecule is CCCCC/C=C\C/C=C\CCCCCCCCCC(=O)O[C@H](COC(=O)CCCCCCCCCCCC)COP(=O)(O)OCCN. The summed E-state index contributed by atoms with van der Waals surface area (Å²) in [6, 6.07) is 0. The van der Waals surface area contributed by atoms with Crippen molar-refractivity contribution in [1.82, 2.24) is 0 Å². The third kappa shape index (κ3) is 34.4. The maximum atomic E-state index is 12.5. The molecule has 10 heteroatoms. The van der Waals surface area contributed by atoms with Crippen LogP contribution in [0.2, 0.25) is 0 Å². The second-order valence-electron chi connectivity index (χ2n) is 12.8. The first kappa shape index (κ1) is 46.5. The molecular weight excluding hydrogens is 629 g/mol. The van der Waals surface area contributed by atoms with Gasteiger partial charge in [-0.25, -0.2) is 4.57 Å². The second kappa shape index (κ2) is 35.3. The van der Waals surface area contributed by atoms with Crippen molar-refractivity contribution in [3.8, 4) is 0 Å². The highest BCUT2D eigenvalue weighted by Crippen LogP contribution is 2.43. The van der Waals surface area contributed by atoms with E-state index in [1.807, 2.05) is 0 Å². The summed E-state index contributed by atoms with van der Waals surface area (Å²) < 4.78 is 32.6. The molecule has 0 amide bonds. The number of carbonyl (C=O) groups is 2. The number of phosphoric acid groups is 1. The van der Waals surface area contributed by atoms with Gasteiger partial charge in [-0.2, -0.15) is 0 Å². The highest BCUT2D eigenvalue weighted by Gasteiger charge is 2.25. The van der Waals surface area contributed by atoms with E-state index in [2.05, 4.69) is 38.2 Å². The van der Waals surface area contributed by atoms with Crippen molar-refractivity contribution < 1.29 is 37.6 Å². The van der Waals surface area contributed by atoms with E-state index < -0.39 is 26.5 Å². The summed E-state index contributed by atoms with van der Waals surface area (Å²) in [5.74, 6) is -0.837. The molecule has 1 unspecified atom stereocenters. The number of rotatable bonds is 36. The van der Waals surface area contributed by atoms with Crippen molar-refractivity contribution in [3.63, 3.8) is 0 Å². The highest BCUT2D eigenvalue weighted by atomic mass is 31.2. The van der Waals surface area contributed by atoms with Gasteiger partial charge in [0.05, 0.1) is 13.2 Å². The average Bonchev–Trinajstić information content (AvgIpc) is 3.07. The van der Waals surface area contributed by atoms with Crippen molar-refractivity contribution in [2.45, 2.75) is 180 Å². The number of carbonyl (C=O) groups excluding carboxylic acids is 2. The molecule has 0 aromatic rings. The molecule has 0 aliphatic heterocycles. The molecule has 0 fully saturated rings. The molecule has 0 heterocycles. The van der Waals surface area contributed by atoms with Crippen molar-refractivity contribution in [2.24, 2.45) is 5.73 Å². The molecule has 282 valence electrons. The molecule has 2 atom stereocenters. The fourth-order valence-corrected chi connectivity index (χ4v) is 5.96. The molecule has 0 rings (SSSR count). The van der Waals surface area contributed by atoms with Crippen LogP contribution in [0.25, 0.3) is 0 Å². The van der Waals surface area contributed by atoms with Gasteiger partial charge in [0.25, 0.3) is 0 Å². The first-order chi connectivity index (χ1) is 23.3. The van der Waals surface area contributed by atoms with Crippen molar-refractivity contribution in [3.05, 3.63) is 24.3 Å². The van der Waals surface area contributed by atoms with E-state index >= 15 is 0 Å². The summed E-state index contributed by atoms with van der Waals surface area (Å²) in [5.41, 5.74) is 5.33. The van der Waals surface area contributed by atoms with E-state index in [1.165, 1.54) is 89.9 Å². The predicted octanol–water partition coefficient (Wildman–Crippen LogP) is 10.4. The number of phosphoric ester groups is 1.